The monoisotopic (exact) mass is 431 g/mol. The van der Waals surface area contributed by atoms with Gasteiger partial charge in [0.25, 0.3) is 11.8 Å². The van der Waals surface area contributed by atoms with E-state index in [0.29, 0.717) is 11.3 Å². The van der Waals surface area contributed by atoms with Gasteiger partial charge in [-0.25, -0.2) is 4.39 Å². The third-order valence-corrected chi connectivity index (χ3v) is 4.65. The highest BCUT2D eigenvalue weighted by molar-refractivity contribution is 6.33. The van der Waals surface area contributed by atoms with Gasteiger partial charge in [0.15, 0.2) is 0 Å². The molecule has 0 aliphatic rings. The molecule has 2 amide bonds. The number of carbonyl (C=O) groups is 2. The molecule has 0 unspecified atom stereocenters. The Labute approximate surface area is 177 Å². The molecule has 3 rings (SSSR count). The molecule has 0 radical (unpaired) electrons. The maximum Gasteiger partial charge on any atom is 0.257 e. The molecule has 0 atom stereocenters. The van der Waals surface area contributed by atoms with Gasteiger partial charge in [-0.15, -0.1) is 0 Å². The number of nitrogens with one attached hydrogen (secondary N) is 2. The lowest BCUT2D eigenvalue weighted by Crippen LogP contribution is -2.35. The van der Waals surface area contributed by atoms with Crippen molar-refractivity contribution in [2.24, 2.45) is 0 Å². The number of nitrogens with zero attached hydrogens (tertiary/aromatic N) is 1. The van der Waals surface area contributed by atoms with Crippen LogP contribution in [0, 0.1) is 12.7 Å². The summed E-state index contributed by atoms with van der Waals surface area (Å²) < 4.78 is 24.4. The summed E-state index contributed by atoms with van der Waals surface area (Å²) in [5.74, 6) is -0.539. The zero-order chi connectivity index (χ0) is 21.7. The Morgan fingerprint density at radius 2 is 1.77 bits per heavy atom. The van der Waals surface area contributed by atoms with Crippen LogP contribution in [0.15, 0.2) is 47.0 Å². The molecule has 0 bridgehead atoms. The first-order valence-electron chi connectivity index (χ1n) is 9.03. The summed E-state index contributed by atoms with van der Waals surface area (Å²) >= 11 is 6.08. The Bertz CT molecular complexity index is 1050. The number of hydrogen-bond donors (Lipinski definition) is 2. The van der Waals surface area contributed by atoms with Crippen LogP contribution in [-0.4, -0.2) is 37.2 Å². The van der Waals surface area contributed by atoms with E-state index in [0.717, 1.165) is 0 Å². The van der Waals surface area contributed by atoms with Crippen LogP contribution in [0.5, 0.6) is 5.75 Å². The molecule has 7 nitrogen and oxygen atoms in total. The van der Waals surface area contributed by atoms with Gasteiger partial charge in [0.2, 0.25) is 0 Å². The summed E-state index contributed by atoms with van der Waals surface area (Å²) in [4.78, 5) is 24.8. The SMILES string of the molecule is COc1ccc(C(=O)NCCNC(=O)c2c(-c3c(F)cccc3Cl)noc2C)cc1. The lowest BCUT2D eigenvalue weighted by Gasteiger charge is -2.09. The number of rotatable bonds is 7. The van der Waals surface area contributed by atoms with E-state index in [9.17, 15) is 14.0 Å². The molecule has 0 aliphatic carbocycles. The topological polar surface area (TPSA) is 93.5 Å². The van der Waals surface area contributed by atoms with Crippen molar-refractivity contribution in [3.8, 4) is 17.0 Å². The Morgan fingerprint density at radius 3 is 2.40 bits per heavy atom. The number of amides is 2. The average Bonchev–Trinajstić information content (AvgIpc) is 3.12. The van der Waals surface area contributed by atoms with E-state index >= 15 is 0 Å². The van der Waals surface area contributed by atoms with Crippen LogP contribution in [0.4, 0.5) is 4.39 Å². The van der Waals surface area contributed by atoms with Crippen LogP contribution in [-0.2, 0) is 0 Å². The van der Waals surface area contributed by atoms with Crippen LogP contribution in [0.3, 0.4) is 0 Å². The third-order valence-electron chi connectivity index (χ3n) is 4.34. The number of methoxy groups -OCH3 is 1. The predicted molar refractivity (Wildman–Crippen MR) is 109 cm³/mol. The molecule has 1 aromatic heterocycles. The number of aryl methyl sites for hydroxylation is 1. The first kappa shape index (κ1) is 21.3. The van der Waals surface area contributed by atoms with Gasteiger partial charge in [-0.2, -0.15) is 0 Å². The average molecular weight is 432 g/mol. The fourth-order valence-corrected chi connectivity index (χ4v) is 3.07. The van der Waals surface area contributed by atoms with Crippen LogP contribution in [0.2, 0.25) is 5.02 Å². The second kappa shape index (κ2) is 9.41. The highest BCUT2D eigenvalue weighted by Crippen LogP contribution is 2.33. The zero-order valence-corrected chi connectivity index (χ0v) is 17.0. The van der Waals surface area contributed by atoms with Gasteiger partial charge in [0, 0.05) is 18.7 Å². The Morgan fingerprint density at radius 1 is 1.10 bits per heavy atom. The molecule has 0 spiro atoms. The summed E-state index contributed by atoms with van der Waals surface area (Å²) in [7, 11) is 1.54. The van der Waals surface area contributed by atoms with Gasteiger partial charge in [-0.05, 0) is 43.3 Å². The molecular formula is C21H19ClFN3O4. The normalized spacial score (nSPS) is 10.5. The molecule has 156 valence electrons. The second-order valence-corrected chi connectivity index (χ2v) is 6.71. The molecule has 0 aliphatic heterocycles. The van der Waals surface area contributed by atoms with Gasteiger partial charge in [0.05, 0.1) is 17.7 Å². The van der Waals surface area contributed by atoms with Crippen molar-refractivity contribution < 1.29 is 23.2 Å². The standard InChI is InChI=1S/C21H19ClFN3O4/c1-12-17(19(26-30-12)18-15(22)4-3-5-16(18)23)21(28)25-11-10-24-20(27)13-6-8-14(29-2)9-7-13/h3-9H,10-11H2,1-2H3,(H,24,27)(H,25,28). The summed E-state index contributed by atoms with van der Waals surface area (Å²) in [6.07, 6.45) is 0. The largest absolute Gasteiger partial charge is 0.497 e. The van der Waals surface area contributed by atoms with Crippen molar-refractivity contribution in [1.82, 2.24) is 15.8 Å². The maximum atomic E-state index is 14.2. The number of halogens is 2. The maximum absolute atomic E-state index is 14.2. The van der Waals surface area contributed by atoms with E-state index < -0.39 is 11.7 Å². The minimum Gasteiger partial charge on any atom is -0.497 e. The zero-order valence-electron chi connectivity index (χ0n) is 16.3. The molecule has 30 heavy (non-hydrogen) atoms. The molecular weight excluding hydrogens is 413 g/mol. The van der Waals surface area contributed by atoms with Crippen molar-refractivity contribution in [3.05, 3.63) is 70.2 Å². The van der Waals surface area contributed by atoms with Crippen molar-refractivity contribution >= 4 is 23.4 Å². The van der Waals surface area contributed by atoms with Crippen LogP contribution in [0.25, 0.3) is 11.3 Å². The molecule has 0 saturated heterocycles. The van der Waals surface area contributed by atoms with Gasteiger partial charge in [-0.3, -0.25) is 9.59 Å². The first-order chi connectivity index (χ1) is 14.4. The molecule has 2 aromatic carbocycles. The van der Waals surface area contributed by atoms with Gasteiger partial charge >= 0.3 is 0 Å². The Kier molecular flexibility index (Phi) is 6.68. The molecule has 0 saturated carbocycles. The minimum atomic E-state index is -0.614. The third kappa shape index (κ3) is 4.60. The molecule has 2 N–H and O–H groups in total. The minimum absolute atomic E-state index is 0.00558. The van der Waals surface area contributed by atoms with E-state index in [-0.39, 0.29) is 46.6 Å². The molecule has 3 aromatic rings. The summed E-state index contributed by atoms with van der Waals surface area (Å²) in [6, 6.07) is 10.8. The second-order valence-electron chi connectivity index (χ2n) is 6.30. The van der Waals surface area contributed by atoms with E-state index in [4.69, 9.17) is 20.9 Å². The highest BCUT2D eigenvalue weighted by atomic mass is 35.5. The summed E-state index contributed by atoms with van der Waals surface area (Å²) in [5.41, 5.74) is 0.571. The fraction of sp³-hybridized carbons (Fsp3) is 0.190. The van der Waals surface area contributed by atoms with Gasteiger partial charge in [-0.1, -0.05) is 22.8 Å². The van der Waals surface area contributed by atoms with Crippen molar-refractivity contribution in [3.63, 3.8) is 0 Å². The van der Waals surface area contributed by atoms with Gasteiger partial charge < -0.3 is 19.9 Å². The Hall–Kier alpha value is -3.39. The Balaban J connectivity index is 1.62. The smallest absolute Gasteiger partial charge is 0.257 e. The van der Waals surface area contributed by atoms with Crippen molar-refractivity contribution in [1.29, 1.82) is 0 Å². The fourth-order valence-electron chi connectivity index (χ4n) is 2.82. The number of benzene rings is 2. The number of aromatic nitrogens is 1. The van der Waals surface area contributed by atoms with Crippen LogP contribution in [0.1, 0.15) is 26.5 Å². The highest BCUT2D eigenvalue weighted by Gasteiger charge is 2.25. The number of hydrogen-bond acceptors (Lipinski definition) is 5. The van der Waals surface area contributed by atoms with Crippen LogP contribution < -0.4 is 15.4 Å². The lowest BCUT2D eigenvalue weighted by molar-refractivity contribution is 0.0927. The van der Waals surface area contributed by atoms with Crippen molar-refractivity contribution in [2.45, 2.75) is 6.92 Å². The molecule has 9 heteroatoms. The number of carbonyl (C=O) groups excluding carboxylic acids is 2. The summed E-state index contributed by atoms with van der Waals surface area (Å²) in [5, 5.41) is 9.28. The van der Waals surface area contributed by atoms with E-state index in [1.165, 1.54) is 18.2 Å². The van der Waals surface area contributed by atoms with E-state index in [1.807, 2.05) is 0 Å². The first-order valence-corrected chi connectivity index (χ1v) is 9.41. The summed E-state index contributed by atoms with van der Waals surface area (Å²) in [6.45, 7) is 1.89. The molecule has 1 heterocycles. The number of ether oxygens (including phenoxy) is 1. The van der Waals surface area contributed by atoms with Crippen molar-refractivity contribution in [2.75, 3.05) is 20.2 Å². The lowest BCUT2D eigenvalue weighted by atomic mass is 10.0. The van der Waals surface area contributed by atoms with E-state index in [1.54, 1.807) is 38.3 Å². The van der Waals surface area contributed by atoms with E-state index in [2.05, 4.69) is 15.8 Å². The quantitative estimate of drug-likeness (QED) is 0.557. The van der Waals surface area contributed by atoms with Gasteiger partial charge in [0.1, 0.15) is 28.6 Å². The van der Waals surface area contributed by atoms with Crippen LogP contribution >= 0.6 is 11.6 Å². The predicted octanol–water partition coefficient (Wildman–Crippen LogP) is 3.61. The molecule has 0 fully saturated rings.